The molecule has 0 bridgehead atoms. The van der Waals surface area contributed by atoms with Crippen LogP contribution in [0.3, 0.4) is 0 Å². The Morgan fingerprint density at radius 2 is 2.00 bits per heavy atom. The molecule has 2 aromatic carbocycles. The number of rotatable bonds is 3. The van der Waals surface area contributed by atoms with Gasteiger partial charge in [-0.3, -0.25) is 19.8 Å². The minimum absolute atomic E-state index is 0.107. The van der Waals surface area contributed by atoms with Gasteiger partial charge < -0.3 is 4.74 Å². The molecule has 0 unspecified atom stereocenters. The van der Waals surface area contributed by atoms with Crippen molar-refractivity contribution in [1.82, 2.24) is 5.32 Å². The molecular formula is C18H12BrFN2O3S. The van der Waals surface area contributed by atoms with Crippen molar-refractivity contribution in [3.05, 3.63) is 63.9 Å². The lowest BCUT2D eigenvalue weighted by molar-refractivity contribution is -0.122. The number of ether oxygens (including phenoxy) is 1. The maximum absolute atomic E-state index is 13.5. The minimum atomic E-state index is -0.647. The Bertz CT molecular complexity index is 961. The van der Waals surface area contributed by atoms with Crippen molar-refractivity contribution in [2.45, 2.75) is 0 Å². The van der Waals surface area contributed by atoms with Gasteiger partial charge in [0.1, 0.15) is 17.1 Å². The summed E-state index contributed by atoms with van der Waals surface area (Å²) >= 11 is 8.43. The Morgan fingerprint density at radius 1 is 1.23 bits per heavy atom. The molecule has 2 aromatic rings. The fourth-order valence-electron chi connectivity index (χ4n) is 2.48. The Kier molecular flexibility index (Phi) is 5.15. The third kappa shape index (κ3) is 3.51. The highest BCUT2D eigenvalue weighted by Gasteiger charge is 2.34. The zero-order chi connectivity index (χ0) is 18.8. The lowest BCUT2D eigenvalue weighted by Gasteiger charge is -2.29. The van der Waals surface area contributed by atoms with Crippen LogP contribution in [-0.2, 0) is 9.59 Å². The number of nitrogens with zero attached hydrogens (tertiary/aromatic N) is 1. The largest absolute Gasteiger partial charge is 0.496 e. The number of amides is 2. The Labute approximate surface area is 162 Å². The topological polar surface area (TPSA) is 58.6 Å². The van der Waals surface area contributed by atoms with Crippen LogP contribution in [-0.4, -0.2) is 24.0 Å². The van der Waals surface area contributed by atoms with E-state index in [0.717, 1.165) is 9.37 Å². The molecule has 3 rings (SSSR count). The fraction of sp³-hybridized carbons (Fsp3) is 0.0556. The van der Waals surface area contributed by atoms with Crippen LogP contribution in [0, 0.1) is 5.82 Å². The van der Waals surface area contributed by atoms with E-state index in [2.05, 4.69) is 21.2 Å². The highest BCUT2D eigenvalue weighted by molar-refractivity contribution is 9.10. The SMILES string of the molecule is COc1ccc(Br)cc1/C=C1\C(=O)NC(=S)N(c2cccc(F)c2)C1=O. The van der Waals surface area contributed by atoms with E-state index in [4.69, 9.17) is 17.0 Å². The summed E-state index contributed by atoms with van der Waals surface area (Å²) in [5, 5.41) is 2.35. The smallest absolute Gasteiger partial charge is 0.270 e. The second-order valence-electron chi connectivity index (χ2n) is 5.32. The predicted octanol–water partition coefficient (Wildman–Crippen LogP) is 3.43. The summed E-state index contributed by atoms with van der Waals surface area (Å²) in [4.78, 5) is 26.3. The average molecular weight is 435 g/mol. The molecule has 8 heteroatoms. The van der Waals surface area contributed by atoms with Gasteiger partial charge in [-0.15, -0.1) is 0 Å². The van der Waals surface area contributed by atoms with Crippen molar-refractivity contribution < 1.29 is 18.7 Å². The lowest BCUT2D eigenvalue weighted by Crippen LogP contribution is -2.54. The third-order valence-corrected chi connectivity index (χ3v) is 4.44. The number of hydrogen-bond donors (Lipinski definition) is 1. The Hall–Kier alpha value is -2.58. The molecule has 2 amide bonds. The molecule has 1 N–H and O–H groups in total. The number of halogens is 2. The Morgan fingerprint density at radius 3 is 2.69 bits per heavy atom. The van der Waals surface area contributed by atoms with E-state index in [1.807, 2.05) is 0 Å². The third-order valence-electron chi connectivity index (χ3n) is 3.66. The van der Waals surface area contributed by atoms with E-state index in [0.29, 0.717) is 11.3 Å². The van der Waals surface area contributed by atoms with Gasteiger partial charge in [-0.2, -0.15) is 0 Å². The second-order valence-corrected chi connectivity index (χ2v) is 6.63. The van der Waals surface area contributed by atoms with Crippen molar-refractivity contribution in [3.63, 3.8) is 0 Å². The molecule has 0 atom stereocenters. The number of benzene rings is 2. The van der Waals surface area contributed by atoms with E-state index in [1.54, 1.807) is 18.2 Å². The van der Waals surface area contributed by atoms with Gasteiger partial charge in [-0.25, -0.2) is 4.39 Å². The van der Waals surface area contributed by atoms with Gasteiger partial charge in [0.15, 0.2) is 5.11 Å². The van der Waals surface area contributed by atoms with E-state index in [1.165, 1.54) is 37.5 Å². The number of carbonyl (C=O) groups excluding carboxylic acids is 2. The predicted molar refractivity (Wildman–Crippen MR) is 103 cm³/mol. The lowest BCUT2D eigenvalue weighted by atomic mass is 10.1. The summed E-state index contributed by atoms with van der Waals surface area (Å²) in [5.41, 5.74) is 0.624. The molecule has 132 valence electrons. The van der Waals surface area contributed by atoms with E-state index < -0.39 is 17.6 Å². The average Bonchev–Trinajstić information content (AvgIpc) is 2.58. The molecule has 1 saturated heterocycles. The fourth-order valence-corrected chi connectivity index (χ4v) is 3.14. The van der Waals surface area contributed by atoms with Crippen LogP contribution in [0.5, 0.6) is 5.75 Å². The molecule has 0 spiro atoms. The molecule has 0 radical (unpaired) electrons. The number of carbonyl (C=O) groups is 2. The van der Waals surface area contributed by atoms with E-state index in [9.17, 15) is 14.0 Å². The van der Waals surface area contributed by atoms with Crippen molar-refractivity contribution in [2.75, 3.05) is 12.0 Å². The summed E-state index contributed by atoms with van der Waals surface area (Å²) in [5.74, 6) is -1.30. The van der Waals surface area contributed by atoms with Crippen LogP contribution < -0.4 is 15.0 Å². The van der Waals surface area contributed by atoms with Crippen molar-refractivity contribution in [3.8, 4) is 5.75 Å². The number of nitrogens with one attached hydrogen (secondary N) is 1. The highest BCUT2D eigenvalue weighted by Crippen LogP contribution is 2.28. The first-order valence-corrected chi connectivity index (χ1v) is 8.61. The number of thiocarbonyl (C=S) groups is 1. The summed E-state index contributed by atoms with van der Waals surface area (Å²) in [6.45, 7) is 0. The van der Waals surface area contributed by atoms with Gasteiger partial charge >= 0.3 is 0 Å². The van der Waals surface area contributed by atoms with Gasteiger partial charge in [0.25, 0.3) is 11.8 Å². The molecule has 1 aliphatic heterocycles. The molecule has 0 aliphatic carbocycles. The molecule has 1 fully saturated rings. The number of hydrogen-bond acceptors (Lipinski definition) is 4. The zero-order valence-corrected chi connectivity index (χ0v) is 15.9. The van der Waals surface area contributed by atoms with Gasteiger partial charge in [0, 0.05) is 10.0 Å². The van der Waals surface area contributed by atoms with Gasteiger partial charge in [0.2, 0.25) is 0 Å². The van der Waals surface area contributed by atoms with Crippen LogP contribution >= 0.6 is 28.1 Å². The van der Waals surface area contributed by atoms with E-state index in [-0.39, 0.29) is 16.4 Å². The van der Waals surface area contributed by atoms with Crippen LogP contribution in [0.15, 0.2) is 52.5 Å². The molecule has 0 saturated carbocycles. The minimum Gasteiger partial charge on any atom is -0.496 e. The summed E-state index contributed by atoms with van der Waals surface area (Å²) in [6, 6.07) is 10.6. The van der Waals surface area contributed by atoms with Crippen molar-refractivity contribution >= 4 is 56.8 Å². The molecule has 0 aromatic heterocycles. The second kappa shape index (κ2) is 7.35. The first-order valence-electron chi connectivity index (χ1n) is 7.41. The van der Waals surface area contributed by atoms with Gasteiger partial charge in [-0.1, -0.05) is 22.0 Å². The number of methoxy groups -OCH3 is 1. The standard InChI is InChI=1S/C18H12BrFN2O3S/c1-25-15-6-5-11(19)7-10(15)8-14-16(23)21-18(26)22(17(14)24)13-4-2-3-12(20)9-13/h2-9H,1H3,(H,21,23,26)/b14-8+. The van der Waals surface area contributed by atoms with Gasteiger partial charge in [0.05, 0.1) is 12.8 Å². The number of anilines is 1. The summed E-state index contributed by atoms with van der Waals surface area (Å²) in [6.07, 6.45) is 1.41. The quantitative estimate of drug-likeness (QED) is 0.456. The Balaban J connectivity index is 2.07. The maximum Gasteiger partial charge on any atom is 0.270 e. The van der Waals surface area contributed by atoms with E-state index >= 15 is 0 Å². The van der Waals surface area contributed by atoms with Crippen LogP contribution in [0.25, 0.3) is 6.08 Å². The summed E-state index contributed by atoms with van der Waals surface area (Å²) in [7, 11) is 1.49. The molecular weight excluding hydrogens is 423 g/mol. The van der Waals surface area contributed by atoms with Crippen LogP contribution in [0.2, 0.25) is 0 Å². The van der Waals surface area contributed by atoms with Crippen LogP contribution in [0.4, 0.5) is 10.1 Å². The van der Waals surface area contributed by atoms with Gasteiger partial charge in [-0.05, 0) is 54.7 Å². The van der Waals surface area contributed by atoms with Crippen LogP contribution in [0.1, 0.15) is 5.56 Å². The normalized spacial score (nSPS) is 16.0. The first kappa shape index (κ1) is 18.2. The van der Waals surface area contributed by atoms with Crippen molar-refractivity contribution in [1.29, 1.82) is 0 Å². The molecule has 5 nitrogen and oxygen atoms in total. The maximum atomic E-state index is 13.5. The molecule has 26 heavy (non-hydrogen) atoms. The molecule has 1 heterocycles. The monoisotopic (exact) mass is 434 g/mol. The van der Waals surface area contributed by atoms with Crippen molar-refractivity contribution in [2.24, 2.45) is 0 Å². The zero-order valence-electron chi connectivity index (χ0n) is 13.5. The molecule has 1 aliphatic rings. The first-order chi connectivity index (χ1) is 12.4. The highest BCUT2D eigenvalue weighted by atomic mass is 79.9. The summed E-state index contributed by atoms with van der Waals surface area (Å²) < 4.78 is 19.6.